The molecule has 0 aromatic heterocycles. The highest BCUT2D eigenvalue weighted by Crippen LogP contribution is 2.57. The smallest absolute Gasteiger partial charge is 0.104 e. The first-order chi connectivity index (χ1) is 11.2. The largest absolute Gasteiger partial charge is 0.394 e. The van der Waals surface area contributed by atoms with Gasteiger partial charge in [0.25, 0.3) is 0 Å². The first-order valence-electron chi connectivity index (χ1n) is 8.54. The summed E-state index contributed by atoms with van der Waals surface area (Å²) in [6, 6.07) is 0. The molecular weight excluding hydrogens is 336 g/mol. The summed E-state index contributed by atoms with van der Waals surface area (Å²) < 4.78 is 22.9. The lowest BCUT2D eigenvalue weighted by molar-refractivity contribution is -0.287. The van der Waals surface area contributed by atoms with E-state index < -0.39 is 6.10 Å². The average molecular weight is 367 g/mol. The van der Waals surface area contributed by atoms with Crippen LogP contribution in [0.15, 0.2) is 0 Å². The summed E-state index contributed by atoms with van der Waals surface area (Å²) in [4.78, 5) is 0. The molecule has 1 saturated heterocycles. The van der Waals surface area contributed by atoms with E-state index in [1.54, 1.807) is 0 Å². The van der Waals surface area contributed by atoms with Crippen molar-refractivity contribution in [2.24, 2.45) is 10.8 Å². The first-order valence-corrected chi connectivity index (χ1v) is 9.08. The van der Waals surface area contributed by atoms with E-state index in [-0.39, 0.29) is 54.3 Å². The van der Waals surface area contributed by atoms with Crippen molar-refractivity contribution < 1.29 is 29.2 Å². The van der Waals surface area contributed by atoms with E-state index in [1.807, 2.05) is 0 Å². The lowest BCUT2D eigenvalue weighted by Gasteiger charge is -2.63. The SMILES string of the molecule is CC1(C)C(OCC(CCl)OCC(O)CO)C(C)(C)C1OCC1CO1. The van der Waals surface area contributed by atoms with Gasteiger partial charge in [-0.15, -0.1) is 11.6 Å². The molecule has 0 amide bonds. The lowest BCUT2D eigenvalue weighted by Crippen LogP contribution is -2.69. The number of aliphatic hydroxyl groups excluding tert-OH is 2. The molecule has 3 unspecified atom stereocenters. The van der Waals surface area contributed by atoms with Crippen molar-refractivity contribution >= 4 is 11.6 Å². The highest BCUT2D eigenvalue weighted by atomic mass is 35.5. The van der Waals surface area contributed by atoms with Crippen LogP contribution in [0.1, 0.15) is 27.7 Å². The summed E-state index contributed by atoms with van der Waals surface area (Å²) in [5, 5.41) is 18.2. The van der Waals surface area contributed by atoms with Crippen LogP contribution >= 0.6 is 11.6 Å². The third kappa shape index (κ3) is 4.61. The fourth-order valence-electron chi connectivity index (χ4n) is 3.96. The molecule has 0 bridgehead atoms. The quantitative estimate of drug-likeness (QED) is 0.422. The predicted molar refractivity (Wildman–Crippen MR) is 90.3 cm³/mol. The van der Waals surface area contributed by atoms with Crippen LogP contribution in [-0.4, -0.2) is 79.6 Å². The summed E-state index contributed by atoms with van der Waals surface area (Å²) in [6.45, 7) is 10.1. The molecule has 7 heteroatoms. The maximum absolute atomic E-state index is 9.36. The van der Waals surface area contributed by atoms with Gasteiger partial charge in [0.05, 0.1) is 57.2 Å². The van der Waals surface area contributed by atoms with E-state index in [1.165, 1.54) is 0 Å². The van der Waals surface area contributed by atoms with Crippen LogP contribution in [0.2, 0.25) is 0 Å². The highest BCUT2D eigenvalue weighted by Gasteiger charge is 2.63. The van der Waals surface area contributed by atoms with Crippen LogP contribution in [0.25, 0.3) is 0 Å². The van der Waals surface area contributed by atoms with Gasteiger partial charge in [-0.05, 0) is 0 Å². The molecule has 2 rings (SSSR count). The van der Waals surface area contributed by atoms with Crippen LogP contribution in [0.3, 0.4) is 0 Å². The highest BCUT2D eigenvalue weighted by molar-refractivity contribution is 6.18. The van der Waals surface area contributed by atoms with Crippen molar-refractivity contribution in [2.45, 2.75) is 58.2 Å². The standard InChI is InChI=1S/C17H31ClO6/c1-16(2)14(17(3,4)15(16)24-10-13-9-22-13)23-8-12(5-18)21-7-11(20)6-19/h11-15,19-20H,5-10H2,1-4H3. The van der Waals surface area contributed by atoms with Gasteiger partial charge in [0.2, 0.25) is 0 Å². The second kappa shape index (κ2) is 8.16. The van der Waals surface area contributed by atoms with E-state index in [0.29, 0.717) is 13.2 Å². The van der Waals surface area contributed by atoms with E-state index in [0.717, 1.165) is 6.61 Å². The summed E-state index contributed by atoms with van der Waals surface area (Å²) in [7, 11) is 0. The van der Waals surface area contributed by atoms with Gasteiger partial charge in [-0.1, -0.05) is 27.7 Å². The fraction of sp³-hybridized carbons (Fsp3) is 1.00. The molecule has 1 aliphatic carbocycles. The van der Waals surface area contributed by atoms with Crippen LogP contribution < -0.4 is 0 Å². The van der Waals surface area contributed by atoms with Crippen molar-refractivity contribution in [1.29, 1.82) is 0 Å². The molecule has 0 aromatic rings. The Bertz CT molecular complexity index is 383. The number of hydrogen-bond acceptors (Lipinski definition) is 6. The van der Waals surface area contributed by atoms with E-state index >= 15 is 0 Å². The Labute approximate surface area is 149 Å². The molecule has 142 valence electrons. The zero-order valence-corrected chi connectivity index (χ0v) is 15.8. The van der Waals surface area contributed by atoms with Gasteiger partial charge < -0.3 is 29.2 Å². The number of aliphatic hydroxyl groups is 2. The molecule has 2 fully saturated rings. The van der Waals surface area contributed by atoms with Crippen LogP contribution in [-0.2, 0) is 18.9 Å². The third-order valence-electron chi connectivity index (χ3n) is 4.91. The van der Waals surface area contributed by atoms with E-state index in [9.17, 15) is 5.11 Å². The van der Waals surface area contributed by atoms with Crippen molar-refractivity contribution in [3.8, 4) is 0 Å². The fourth-order valence-corrected chi connectivity index (χ4v) is 4.14. The van der Waals surface area contributed by atoms with E-state index in [4.69, 9.17) is 35.7 Å². The Morgan fingerprint density at radius 3 is 2.21 bits per heavy atom. The van der Waals surface area contributed by atoms with Crippen molar-refractivity contribution in [3.05, 3.63) is 0 Å². The molecule has 2 aliphatic rings. The molecule has 1 saturated carbocycles. The number of alkyl halides is 1. The Morgan fingerprint density at radius 1 is 1.12 bits per heavy atom. The van der Waals surface area contributed by atoms with Gasteiger partial charge in [-0.3, -0.25) is 0 Å². The zero-order chi connectivity index (χ0) is 18.0. The Morgan fingerprint density at radius 2 is 1.71 bits per heavy atom. The number of hydrogen-bond donors (Lipinski definition) is 2. The summed E-state index contributed by atoms with van der Waals surface area (Å²) >= 11 is 5.91. The van der Waals surface area contributed by atoms with Crippen molar-refractivity contribution in [3.63, 3.8) is 0 Å². The summed E-state index contributed by atoms with van der Waals surface area (Å²) in [5.74, 6) is 0.269. The monoisotopic (exact) mass is 366 g/mol. The number of rotatable bonds is 11. The number of epoxide rings is 1. The summed E-state index contributed by atoms with van der Waals surface area (Å²) in [5.41, 5.74) is -0.222. The maximum atomic E-state index is 9.36. The van der Waals surface area contributed by atoms with Crippen molar-refractivity contribution in [2.75, 3.05) is 38.9 Å². The second-order valence-corrected chi connectivity index (χ2v) is 8.28. The molecule has 0 radical (unpaired) electrons. The van der Waals surface area contributed by atoms with Gasteiger partial charge >= 0.3 is 0 Å². The minimum Gasteiger partial charge on any atom is -0.394 e. The molecule has 24 heavy (non-hydrogen) atoms. The minimum absolute atomic E-state index is 0.0206. The van der Waals surface area contributed by atoms with Gasteiger partial charge in [-0.2, -0.15) is 0 Å². The van der Waals surface area contributed by atoms with Gasteiger partial charge in [0.15, 0.2) is 0 Å². The second-order valence-electron chi connectivity index (χ2n) is 7.97. The molecule has 3 atom stereocenters. The lowest BCUT2D eigenvalue weighted by atomic mass is 9.51. The third-order valence-corrected chi connectivity index (χ3v) is 5.25. The van der Waals surface area contributed by atoms with Crippen LogP contribution in [0.5, 0.6) is 0 Å². The Balaban J connectivity index is 1.81. The molecule has 0 aromatic carbocycles. The molecular formula is C17H31ClO6. The molecule has 1 aliphatic heterocycles. The molecule has 1 heterocycles. The van der Waals surface area contributed by atoms with Crippen LogP contribution in [0, 0.1) is 10.8 Å². The number of ether oxygens (including phenoxy) is 4. The van der Waals surface area contributed by atoms with Gasteiger partial charge in [0, 0.05) is 10.8 Å². The zero-order valence-electron chi connectivity index (χ0n) is 15.0. The Kier molecular flexibility index (Phi) is 6.93. The van der Waals surface area contributed by atoms with E-state index in [2.05, 4.69) is 27.7 Å². The summed E-state index contributed by atoms with van der Waals surface area (Å²) in [6.07, 6.45) is -0.837. The van der Waals surface area contributed by atoms with Crippen molar-refractivity contribution in [1.82, 2.24) is 0 Å². The minimum atomic E-state index is -0.894. The topological polar surface area (TPSA) is 80.7 Å². The Hall–Kier alpha value is 0.0500. The molecule has 6 nitrogen and oxygen atoms in total. The normalized spacial score (nSPS) is 32.9. The average Bonchev–Trinajstić information content (AvgIpc) is 3.33. The van der Waals surface area contributed by atoms with Gasteiger partial charge in [0.1, 0.15) is 12.2 Å². The van der Waals surface area contributed by atoms with Gasteiger partial charge in [-0.25, -0.2) is 0 Å². The molecule has 2 N–H and O–H groups in total. The maximum Gasteiger partial charge on any atom is 0.104 e. The first kappa shape index (κ1) is 20.4. The van der Waals surface area contributed by atoms with Crippen LogP contribution in [0.4, 0.5) is 0 Å². The predicted octanol–water partition coefficient (Wildman–Crippen LogP) is 1.20. The number of halogens is 1. The molecule has 0 spiro atoms.